The summed E-state index contributed by atoms with van der Waals surface area (Å²) in [6.07, 6.45) is -2.40. The summed E-state index contributed by atoms with van der Waals surface area (Å²) in [5.41, 5.74) is 0.916. The molecular weight excluding hydrogens is 436 g/mol. The third-order valence-corrected chi connectivity index (χ3v) is 5.26. The van der Waals surface area contributed by atoms with Crippen molar-refractivity contribution >= 4 is 32.8 Å². The minimum Gasteiger partial charge on any atom is -0.366 e. The lowest BCUT2D eigenvalue weighted by Gasteiger charge is -2.21. The molecule has 0 saturated heterocycles. The van der Waals surface area contributed by atoms with Gasteiger partial charge in [-0.15, -0.1) is 0 Å². The van der Waals surface area contributed by atoms with Crippen molar-refractivity contribution < 1.29 is 40.1 Å². The number of rotatable bonds is 5. The number of primary amides is 1. The van der Waals surface area contributed by atoms with Crippen molar-refractivity contribution in [1.82, 2.24) is 15.0 Å². The van der Waals surface area contributed by atoms with E-state index in [9.17, 15) is 35.6 Å². The molecule has 3 rings (SSSR count). The van der Waals surface area contributed by atoms with Crippen LogP contribution in [-0.4, -0.2) is 45.8 Å². The van der Waals surface area contributed by atoms with Gasteiger partial charge in [-0.25, -0.2) is 14.4 Å². The normalized spacial score (nSPS) is 13.4. The van der Waals surface area contributed by atoms with Gasteiger partial charge in [0.15, 0.2) is 5.78 Å². The average molecular weight is 446 g/mol. The molecule has 0 fully saturated rings. The van der Waals surface area contributed by atoms with Crippen molar-refractivity contribution in [2.45, 2.75) is 11.4 Å². The van der Waals surface area contributed by atoms with Gasteiger partial charge in [-0.3, -0.25) is 14.1 Å². The van der Waals surface area contributed by atoms with E-state index < -0.39 is 61.3 Å². The molecule has 30 heavy (non-hydrogen) atoms. The molecule has 0 aliphatic rings. The van der Waals surface area contributed by atoms with Crippen molar-refractivity contribution in [3.8, 4) is 0 Å². The summed E-state index contributed by atoms with van der Waals surface area (Å²) in [4.78, 5) is 34.4. The van der Waals surface area contributed by atoms with E-state index in [4.69, 9.17) is 10.3 Å². The van der Waals surface area contributed by atoms with Crippen LogP contribution in [0.25, 0.3) is 11.0 Å². The number of fused-ring (bicyclic) bond motifs is 1. The van der Waals surface area contributed by atoms with Gasteiger partial charge in [0.2, 0.25) is 5.25 Å². The number of carbonyl (C=O) groups is 2. The standard InChI is InChI=1S/C16H10F4N4O5S/c17-11-7(14(21)26)2-1-6(13(16(18,19)20)30(27,28)29)10(11)12(25)8-4-23-15-9(8)3-22-5-24-15/h1-5,13H,(H2,21,26)(H,22,23,24)(H,27,28,29). The first kappa shape index (κ1) is 21.3. The second-order valence-corrected chi connectivity index (χ2v) is 7.51. The van der Waals surface area contributed by atoms with Gasteiger partial charge in [-0.1, -0.05) is 6.07 Å². The molecule has 1 unspecified atom stereocenters. The Morgan fingerprint density at radius 3 is 2.43 bits per heavy atom. The highest BCUT2D eigenvalue weighted by Gasteiger charge is 2.51. The molecule has 0 aliphatic heterocycles. The molecule has 0 radical (unpaired) electrons. The minimum absolute atomic E-state index is 0.00672. The number of benzene rings is 1. The van der Waals surface area contributed by atoms with Crippen LogP contribution >= 0.6 is 0 Å². The molecule has 3 aromatic rings. The van der Waals surface area contributed by atoms with E-state index in [1.54, 1.807) is 0 Å². The molecule has 9 nitrogen and oxygen atoms in total. The number of hydrogen-bond donors (Lipinski definition) is 3. The molecule has 14 heteroatoms. The van der Waals surface area contributed by atoms with E-state index in [1.807, 2.05) is 0 Å². The van der Waals surface area contributed by atoms with E-state index >= 15 is 0 Å². The van der Waals surface area contributed by atoms with Crippen LogP contribution in [0.4, 0.5) is 17.6 Å². The summed E-state index contributed by atoms with van der Waals surface area (Å²) in [6.45, 7) is 0. The zero-order valence-corrected chi connectivity index (χ0v) is 15.3. The Kier molecular flexibility index (Phi) is 5.07. The van der Waals surface area contributed by atoms with Crippen LogP contribution in [0, 0.1) is 5.82 Å². The predicted molar refractivity (Wildman–Crippen MR) is 92.6 cm³/mol. The number of nitrogens with one attached hydrogen (secondary N) is 1. The number of hydrogen-bond acceptors (Lipinski definition) is 6. The van der Waals surface area contributed by atoms with Crippen LogP contribution in [0.15, 0.2) is 30.9 Å². The molecule has 1 aromatic carbocycles. The number of nitrogens with two attached hydrogens (primary N) is 1. The molecule has 158 valence electrons. The number of aromatic amines is 1. The first-order valence-electron chi connectivity index (χ1n) is 7.81. The summed E-state index contributed by atoms with van der Waals surface area (Å²) >= 11 is 0. The monoisotopic (exact) mass is 446 g/mol. The SMILES string of the molecule is NC(=O)c1ccc(C(C(F)(F)F)S(=O)(=O)O)c(C(=O)c2c[nH]c3ncncc23)c1F. The maximum absolute atomic E-state index is 15.0. The Bertz CT molecular complexity index is 1290. The number of aromatic nitrogens is 3. The van der Waals surface area contributed by atoms with Crippen LogP contribution in [0.2, 0.25) is 0 Å². The molecule has 2 heterocycles. The van der Waals surface area contributed by atoms with E-state index in [0.29, 0.717) is 12.1 Å². The third-order valence-electron chi connectivity index (χ3n) is 4.14. The topological polar surface area (TPSA) is 156 Å². The molecule has 0 bridgehead atoms. The molecule has 1 atom stereocenters. The molecule has 1 amide bonds. The van der Waals surface area contributed by atoms with E-state index in [1.165, 1.54) is 0 Å². The second-order valence-electron chi connectivity index (χ2n) is 6.01. The van der Waals surface area contributed by atoms with Gasteiger partial charge in [-0.2, -0.15) is 21.6 Å². The Labute approximate surface area is 164 Å². The second kappa shape index (κ2) is 7.14. The molecule has 0 aliphatic carbocycles. The van der Waals surface area contributed by atoms with E-state index in [2.05, 4.69) is 15.0 Å². The third kappa shape index (κ3) is 3.61. The summed E-state index contributed by atoms with van der Waals surface area (Å²) in [6, 6.07) is 0.889. The molecule has 0 saturated carbocycles. The van der Waals surface area contributed by atoms with Crippen molar-refractivity contribution in [2.24, 2.45) is 5.73 Å². The van der Waals surface area contributed by atoms with Gasteiger partial charge in [0, 0.05) is 17.8 Å². The lowest BCUT2D eigenvalue weighted by atomic mass is 9.93. The summed E-state index contributed by atoms with van der Waals surface area (Å²) in [5, 5.41) is -3.66. The van der Waals surface area contributed by atoms with Crippen molar-refractivity contribution in [1.29, 1.82) is 0 Å². The number of alkyl halides is 3. The highest BCUT2D eigenvalue weighted by Crippen LogP contribution is 2.41. The fourth-order valence-corrected chi connectivity index (χ4v) is 3.77. The maximum atomic E-state index is 15.0. The van der Waals surface area contributed by atoms with E-state index in [0.717, 1.165) is 18.7 Å². The summed E-state index contributed by atoms with van der Waals surface area (Å²) < 4.78 is 87.4. The summed E-state index contributed by atoms with van der Waals surface area (Å²) in [7, 11) is -5.89. The van der Waals surface area contributed by atoms with Gasteiger partial charge in [-0.05, 0) is 11.6 Å². The fraction of sp³-hybridized carbons (Fsp3) is 0.125. The van der Waals surface area contributed by atoms with E-state index in [-0.39, 0.29) is 11.0 Å². The molecule has 0 spiro atoms. The van der Waals surface area contributed by atoms with Crippen molar-refractivity contribution in [2.75, 3.05) is 0 Å². The molecule has 4 N–H and O–H groups in total. The van der Waals surface area contributed by atoms with Crippen molar-refractivity contribution in [3.63, 3.8) is 0 Å². The predicted octanol–water partition coefficient (Wildman–Crippen LogP) is 1.92. The largest absolute Gasteiger partial charge is 0.411 e. The average Bonchev–Trinajstić information content (AvgIpc) is 3.02. The van der Waals surface area contributed by atoms with Crippen LogP contribution in [-0.2, 0) is 10.1 Å². The van der Waals surface area contributed by atoms with Crippen LogP contribution < -0.4 is 5.73 Å². The first-order valence-corrected chi connectivity index (χ1v) is 9.31. The van der Waals surface area contributed by atoms with Gasteiger partial charge < -0.3 is 10.7 Å². The van der Waals surface area contributed by atoms with Crippen LogP contribution in [0.3, 0.4) is 0 Å². The van der Waals surface area contributed by atoms with Gasteiger partial charge >= 0.3 is 6.18 Å². The van der Waals surface area contributed by atoms with Crippen molar-refractivity contribution in [3.05, 3.63) is 58.9 Å². The highest BCUT2D eigenvalue weighted by molar-refractivity contribution is 7.86. The van der Waals surface area contributed by atoms with Crippen LogP contribution in [0.1, 0.15) is 37.1 Å². The summed E-state index contributed by atoms with van der Waals surface area (Å²) in [5.74, 6) is -4.59. The number of ketones is 1. The van der Waals surface area contributed by atoms with Gasteiger partial charge in [0.25, 0.3) is 16.0 Å². The first-order chi connectivity index (χ1) is 13.8. The number of nitrogens with zero attached hydrogens (tertiary/aromatic N) is 2. The molecule has 2 aromatic heterocycles. The van der Waals surface area contributed by atoms with Crippen LogP contribution in [0.5, 0.6) is 0 Å². The maximum Gasteiger partial charge on any atom is 0.411 e. The Morgan fingerprint density at radius 2 is 1.87 bits per heavy atom. The van der Waals surface area contributed by atoms with Gasteiger partial charge in [0.1, 0.15) is 17.8 Å². The number of carbonyl (C=O) groups excluding carboxylic acids is 2. The minimum atomic E-state index is -5.89. The molecular formula is C16H10F4N4O5S. The number of amides is 1. The highest BCUT2D eigenvalue weighted by atomic mass is 32.2. The Balaban J connectivity index is 2.37. The number of halogens is 4. The fourth-order valence-electron chi connectivity index (χ4n) is 2.92. The smallest absolute Gasteiger partial charge is 0.366 e. The zero-order valence-electron chi connectivity index (χ0n) is 14.4. The van der Waals surface area contributed by atoms with Gasteiger partial charge in [0.05, 0.1) is 16.7 Å². The lowest BCUT2D eigenvalue weighted by Crippen LogP contribution is -2.31. The Morgan fingerprint density at radius 1 is 1.20 bits per heavy atom. The number of H-pyrrole nitrogens is 1. The lowest BCUT2D eigenvalue weighted by molar-refractivity contribution is -0.132. The zero-order chi connectivity index (χ0) is 22.4. The quantitative estimate of drug-likeness (QED) is 0.307. The Hall–Kier alpha value is -3.39.